The summed E-state index contributed by atoms with van der Waals surface area (Å²) in [6.45, 7) is 0. The fourth-order valence-electron chi connectivity index (χ4n) is 2.30. The van der Waals surface area contributed by atoms with E-state index < -0.39 is 0 Å². The standard InChI is InChI=1S/C18H10N4S2/c19-9-13(15-4-6-17(21)23-15)11-2-1-3-12(8-11)14(10-20)16-5-7-18(22)24-16/h1-8,21-22H/b15-13+,16-14+,21-17?,22-18?. The number of nitrogens with zero attached hydrogens (tertiary/aromatic N) is 2. The van der Waals surface area contributed by atoms with Gasteiger partial charge in [-0.1, -0.05) is 41.7 Å². The van der Waals surface area contributed by atoms with Crippen molar-refractivity contribution in [3.05, 3.63) is 69.5 Å². The van der Waals surface area contributed by atoms with Crippen LogP contribution < -0.4 is 0 Å². The zero-order valence-corrected chi connectivity index (χ0v) is 14.0. The summed E-state index contributed by atoms with van der Waals surface area (Å²) in [6, 6.07) is 11.7. The fourth-order valence-corrected chi connectivity index (χ4v) is 3.85. The van der Waals surface area contributed by atoms with Crippen LogP contribution in [0.4, 0.5) is 0 Å². The zero-order valence-electron chi connectivity index (χ0n) is 12.3. The summed E-state index contributed by atoms with van der Waals surface area (Å²) in [5.74, 6) is 0. The molecule has 0 spiro atoms. The number of rotatable bonds is 2. The quantitative estimate of drug-likeness (QED) is 0.758. The number of thioether (sulfide) groups is 2. The van der Waals surface area contributed by atoms with Crippen LogP contribution in [-0.4, -0.2) is 10.1 Å². The summed E-state index contributed by atoms with van der Waals surface area (Å²) < 4.78 is 0. The Balaban J connectivity index is 2.08. The third-order valence-corrected chi connectivity index (χ3v) is 5.20. The lowest BCUT2D eigenvalue weighted by atomic mass is 9.99. The van der Waals surface area contributed by atoms with E-state index in [9.17, 15) is 10.5 Å². The predicted octanol–water partition coefficient (Wildman–Crippen LogP) is 4.72. The summed E-state index contributed by atoms with van der Waals surface area (Å²) in [4.78, 5) is 1.48. The van der Waals surface area contributed by atoms with E-state index in [1.54, 1.807) is 24.3 Å². The third-order valence-electron chi connectivity index (χ3n) is 3.37. The van der Waals surface area contributed by atoms with Crippen molar-refractivity contribution in [3.8, 4) is 12.1 Å². The lowest BCUT2D eigenvalue weighted by molar-refractivity contribution is 1.49. The average Bonchev–Trinajstić information content (AvgIpc) is 3.19. The molecule has 0 unspecified atom stereocenters. The van der Waals surface area contributed by atoms with Crippen molar-refractivity contribution in [3.63, 3.8) is 0 Å². The van der Waals surface area contributed by atoms with Gasteiger partial charge in [0.25, 0.3) is 0 Å². The second kappa shape index (κ2) is 6.76. The molecule has 0 saturated carbocycles. The van der Waals surface area contributed by atoms with Crippen LogP contribution in [0.2, 0.25) is 0 Å². The number of nitrogens with one attached hydrogen (secondary N) is 2. The van der Waals surface area contributed by atoms with Gasteiger partial charge in [-0.2, -0.15) is 10.5 Å². The van der Waals surface area contributed by atoms with Crippen LogP contribution >= 0.6 is 23.5 Å². The Morgan fingerprint density at radius 3 is 1.58 bits per heavy atom. The monoisotopic (exact) mass is 346 g/mol. The summed E-state index contributed by atoms with van der Waals surface area (Å²) in [5.41, 5.74) is 2.41. The van der Waals surface area contributed by atoms with Crippen LogP contribution in [0.3, 0.4) is 0 Å². The third kappa shape index (κ3) is 3.11. The smallest absolute Gasteiger partial charge is 0.101 e. The molecule has 4 nitrogen and oxygen atoms in total. The highest BCUT2D eigenvalue weighted by molar-refractivity contribution is 8.18. The van der Waals surface area contributed by atoms with Crippen molar-refractivity contribution in [1.82, 2.24) is 0 Å². The molecule has 24 heavy (non-hydrogen) atoms. The molecule has 0 bridgehead atoms. The Morgan fingerprint density at radius 2 is 1.25 bits per heavy atom. The molecule has 2 aliphatic rings. The van der Waals surface area contributed by atoms with E-state index in [-0.39, 0.29) is 0 Å². The minimum Gasteiger partial charge on any atom is -0.294 e. The van der Waals surface area contributed by atoms with Gasteiger partial charge in [0, 0.05) is 9.81 Å². The molecule has 1 aromatic rings. The van der Waals surface area contributed by atoms with Crippen LogP contribution in [-0.2, 0) is 0 Å². The van der Waals surface area contributed by atoms with Crippen LogP contribution in [0, 0.1) is 33.5 Å². The Kier molecular flexibility index (Phi) is 4.52. The first-order chi connectivity index (χ1) is 11.6. The molecule has 0 aromatic heterocycles. The number of hydrogen-bond acceptors (Lipinski definition) is 6. The lowest BCUT2D eigenvalue weighted by Gasteiger charge is -2.07. The second-order valence-corrected chi connectivity index (χ2v) is 7.05. The highest BCUT2D eigenvalue weighted by Crippen LogP contribution is 2.36. The number of benzene rings is 1. The maximum absolute atomic E-state index is 9.51. The van der Waals surface area contributed by atoms with Gasteiger partial charge in [0.2, 0.25) is 0 Å². The molecule has 1 aromatic carbocycles. The van der Waals surface area contributed by atoms with Gasteiger partial charge < -0.3 is 0 Å². The Bertz CT molecular complexity index is 890. The summed E-state index contributed by atoms with van der Waals surface area (Å²) in [5, 5.41) is 35.1. The molecule has 0 atom stereocenters. The van der Waals surface area contributed by atoms with Gasteiger partial charge in [-0.3, -0.25) is 10.8 Å². The summed E-state index contributed by atoms with van der Waals surface area (Å²) in [7, 11) is 0. The van der Waals surface area contributed by atoms with E-state index in [4.69, 9.17) is 10.8 Å². The molecule has 0 amide bonds. The zero-order chi connectivity index (χ0) is 17.1. The molecular weight excluding hydrogens is 336 g/mol. The van der Waals surface area contributed by atoms with Gasteiger partial charge in [0.1, 0.15) is 12.1 Å². The van der Waals surface area contributed by atoms with Crippen molar-refractivity contribution in [2.24, 2.45) is 0 Å². The topological polar surface area (TPSA) is 95.3 Å². The normalized spacial score (nSPS) is 20.1. The summed E-state index contributed by atoms with van der Waals surface area (Å²) >= 11 is 2.50. The van der Waals surface area contributed by atoms with E-state index in [1.807, 2.05) is 24.3 Å². The summed E-state index contributed by atoms with van der Waals surface area (Å²) in [6.07, 6.45) is 6.85. The van der Waals surface area contributed by atoms with Crippen LogP contribution in [0.15, 0.2) is 58.4 Å². The Hall–Kier alpha value is -2.80. The molecular formula is C18H10N4S2. The first-order valence-corrected chi connectivity index (χ1v) is 8.54. The van der Waals surface area contributed by atoms with E-state index in [2.05, 4.69) is 12.1 Å². The number of allylic oxidation sites excluding steroid dienone is 4. The molecule has 3 rings (SSSR count). The van der Waals surface area contributed by atoms with Gasteiger partial charge in [0.05, 0.1) is 21.2 Å². The number of hydrogen-bond donors (Lipinski definition) is 2. The van der Waals surface area contributed by atoms with Crippen LogP contribution in [0.5, 0.6) is 0 Å². The molecule has 2 aliphatic heterocycles. The van der Waals surface area contributed by atoms with E-state index >= 15 is 0 Å². The molecule has 0 fully saturated rings. The largest absolute Gasteiger partial charge is 0.294 e. The van der Waals surface area contributed by atoms with Gasteiger partial charge in [-0.15, -0.1) is 0 Å². The average molecular weight is 346 g/mol. The molecule has 0 radical (unpaired) electrons. The molecule has 2 N–H and O–H groups in total. The first kappa shape index (κ1) is 16.1. The number of nitriles is 2. The maximum Gasteiger partial charge on any atom is 0.101 e. The molecule has 2 heterocycles. The van der Waals surface area contributed by atoms with Crippen molar-refractivity contribution in [1.29, 1.82) is 21.3 Å². The lowest BCUT2D eigenvalue weighted by Crippen LogP contribution is -1.90. The highest BCUT2D eigenvalue weighted by Gasteiger charge is 2.17. The Morgan fingerprint density at radius 1 is 0.792 bits per heavy atom. The van der Waals surface area contributed by atoms with Gasteiger partial charge in [0.15, 0.2) is 0 Å². The minimum absolute atomic E-state index is 0.403. The van der Waals surface area contributed by atoms with Crippen molar-refractivity contribution in [2.75, 3.05) is 0 Å². The van der Waals surface area contributed by atoms with Crippen molar-refractivity contribution in [2.45, 2.75) is 0 Å². The van der Waals surface area contributed by atoms with Crippen molar-refractivity contribution < 1.29 is 0 Å². The van der Waals surface area contributed by atoms with Gasteiger partial charge in [-0.25, -0.2) is 0 Å². The molecule has 6 heteroatoms. The Labute approximate surface area is 147 Å². The fraction of sp³-hybridized carbons (Fsp3) is 0. The second-order valence-electron chi connectivity index (χ2n) is 4.88. The van der Waals surface area contributed by atoms with E-state index in [1.165, 1.54) is 23.5 Å². The maximum atomic E-state index is 9.51. The van der Waals surface area contributed by atoms with E-state index in [0.717, 1.165) is 9.81 Å². The minimum atomic E-state index is 0.403. The highest BCUT2D eigenvalue weighted by atomic mass is 32.2. The molecule has 0 aliphatic carbocycles. The first-order valence-electron chi connectivity index (χ1n) is 6.91. The van der Waals surface area contributed by atoms with Crippen molar-refractivity contribution >= 4 is 44.8 Å². The SMILES string of the molecule is N#C/C(=C1/C=CC(=N)S1)c1cccc(/C(C#N)=C2\C=CC(=N)S2)c1. The molecule has 0 saturated heterocycles. The molecule has 114 valence electrons. The van der Waals surface area contributed by atoms with Crippen LogP contribution in [0.1, 0.15) is 11.1 Å². The van der Waals surface area contributed by atoms with Gasteiger partial charge in [-0.05, 0) is 41.5 Å². The van der Waals surface area contributed by atoms with Crippen LogP contribution in [0.25, 0.3) is 11.1 Å². The van der Waals surface area contributed by atoms with Gasteiger partial charge >= 0.3 is 0 Å². The predicted molar refractivity (Wildman–Crippen MR) is 100 cm³/mol. The van der Waals surface area contributed by atoms with E-state index in [0.29, 0.717) is 32.4 Å².